The summed E-state index contributed by atoms with van der Waals surface area (Å²) in [6, 6.07) is 13.4. The van der Waals surface area contributed by atoms with Gasteiger partial charge in [-0.05, 0) is 41.6 Å². The summed E-state index contributed by atoms with van der Waals surface area (Å²) in [6.07, 6.45) is 1.44. The van der Waals surface area contributed by atoms with E-state index in [1.807, 2.05) is 0 Å². The number of carbonyl (C=O) groups excluding carboxylic acids is 3. The van der Waals surface area contributed by atoms with Crippen LogP contribution in [-0.2, 0) is 20.8 Å². The van der Waals surface area contributed by atoms with Crippen LogP contribution in [0.4, 0.5) is 10.5 Å². The molecular formula is C21H18N2O6S. The highest BCUT2D eigenvalue weighted by Crippen LogP contribution is 2.33. The Balaban J connectivity index is 1.66. The quantitative estimate of drug-likeness (QED) is 0.655. The lowest BCUT2D eigenvalue weighted by molar-refractivity contribution is -0.136. The number of ether oxygens (including phenoxy) is 1. The van der Waals surface area contributed by atoms with Crippen LogP contribution in [0.1, 0.15) is 11.1 Å². The first-order valence-electron chi connectivity index (χ1n) is 8.86. The fraction of sp³-hybridized carbons (Fsp3) is 0.143. The molecule has 0 saturated carbocycles. The number of anilines is 1. The minimum absolute atomic E-state index is 0.121. The molecule has 0 bridgehead atoms. The second-order valence-electron chi connectivity index (χ2n) is 6.33. The lowest BCUT2D eigenvalue weighted by atomic mass is 10.1. The monoisotopic (exact) mass is 426 g/mol. The van der Waals surface area contributed by atoms with Crippen LogP contribution in [0, 0.1) is 0 Å². The maximum Gasteiger partial charge on any atom is 0.307 e. The summed E-state index contributed by atoms with van der Waals surface area (Å²) >= 11 is 0.759. The van der Waals surface area contributed by atoms with Gasteiger partial charge in [-0.15, -0.1) is 0 Å². The van der Waals surface area contributed by atoms with Gasteiger partial charge in [0.15, 0.2) is 0 Å². The molecule has 2 aromatic rings. The van der Waals surface area contributed by atoms with Crippen LogP contribution in [0.5, 0.6) is 5.75 Å². The van der Waals surface area contributed by atoms with Gasteiger partial charge in [0.2, 0.25) is 5.91 Å². The summed E-state index contributed by atoms with van der Waals surface area (Å²) in [5, 5.41) is 10.8. The van der Waals surface area contributed by atoms with E-state index in [4.69, 9.17) is 9.84 Å². The summed E-state index contributed by atoms with van der Waals surface area (Å²) < 4.78 is 5.24. The Kier molecular flexibility index (Phi) is 6.53. The number of carboxylic acids is 1. The number of carboxylic acid groups (broad SMARTS) is 1. The molecule has 3 rings (SSSR count). The Hall–Kier alpha value is -3.59. The van der Waals surface area contributed by atoms with E-state index < -0.39 is 29.6 Å². The van der Waals surface area contributed by atoms with Crippen molar-refractivity contribution in [3.63, 3.8) is 0 Å². The fourth-order valence-corrected chi connectivity index (χ4v) is 3.62. The lowest BCUT2D eigenvalue weighted by Gasteiger charge is -2.12. The van der Waals surface area contributed by atoms with E-state index in [0.717, 1.165) is 16.7 Å². The van der Waals surface area contributed by atoms with Gasteiger partial charge in [-0.3, -0.25) is 24.1 Å². The third kappa shape index (κ3) is 5.06. The maximum absolute atomic E-state index is 12.6. The van der Waals surface area contributed by atoms with Gasteiger partial charge in [0.05, 0.1) is 18.4 Å². The second kappa shape index (κ2) is 9.27. The predicted octanol–water partition coefficient (Wildman–Crippen LogP) is 3.00. The highest BCUT2D eigenvalue weighted by molar-refractivity contribution is 8.18. The van der Waals surface area contributed by atoms with E-state index in [0.29, 0.717) is 22.6 Å². The van der Waals surface area contributed by atoms with Crippen molar-refractivity contribution >= 4 is 46.5 Å². The van der Waals surface area contributed by atoms with Crippen LogP contribution < -0.4 is 10.1 Å². The first-order valence-corrected chi connectivity index (χ1v) is 9.68. The average Bonchev–Trinajstić information content (AvgIpc) is 2.97. The summed E-state index contributed by atoms with van der Waals surface area (Å²) in [6.45, 7) is -0.426. The number of aliphatic carboxylic acids is 1. The van der Waals surface area contributed by atoms with Gasteiger partial charge >= 0.3 is 5.97 Å². The van der Waals surface area contributed by atoms with E-state index in [-0.39, 0.29) is 11.3 Å². The van der Waals surface area contributed by atoms with Crippen LogP contribution in [0.25, 0.3) is 6.08 Å². The minimum Gasteiger partial charge on any atom is -0.496 e. The van der Waals surface area contributed by atoms with E-state index in [9.17, 15) is 19.2 Å². The maximum atomic E-state index is 12.6. The standard InChI is InChI=1S/C21H18N2O6S/c1-29-16-5-3-2-4-14(16)11-17-20(27)23(21(28)30-17)12-18(24)22-15-8-6-13(7-9-15)10-19(25)26/h2-9,11H,10,12H2,1H3,(H,22,24)(H,25,26)/b17-11-. The first kappa shape index (κ1) is 21.1. The van der Waals surface area contributed by atoms with Crippen molar-refractivity contribution in [2.45, 2.75) is 6.42 Å². The number of methoxy groups -OCH3 is 1. The van der Waals surface area contributed by atoms with Crippen molar-refractivity contribution in [2.24, 2.45) is 0 Å². The molecule has 154 valence electrons. The zero-order valence-electron chi connectivity index (χ0n) is 16.0. The number of rotatable bonds is 7. The van der Waals surface area contributed by atoms with Crippen molar-refractivity contribution in [3.05, 3.63) is 64.6 Å². The summed E-state index contributed by atoms with van der Waals surface area (Å²) in [7, 11) is 1.51. The van der Waals surface area contributed by atoms with Gasteiger partial charge in [0, 0.05) is 11.3 Å². The van der Waals surface area contributed by atoms with Gasteiger partial charge in [-0.1, -0.05) is 30.3 Å². The zero-order valence-corrected chi connectivity index (χ0v) is 16.8. The molecule has 8 nitrogen and oxygen atoms in total. The van der Waals surface area contributed by atoms with Crippen molar-refractivity contribution in [1.82, 2.24) is 4.90 Å². The van der Waals surface area contributed by atoms with Gasteiger partial charge in [0.1, 0.15) is 12.3 Å². The highest BCUT2D eigenvalue weighted by Gasteiger charge is 2.36. The van der Waals surface area contributed by atoms with Crippen molar-refractivity contribution in [2.75, 3.05) is 19.0 Å². The predicted molar refractivity (Wildman–Crippen MR) is 112 cm³/mol. The molecule has 2 N–H and O–H groups in total. The lowest BCUT2D eigenvalue weighted by Crippen LogP contribution is -2.36. The molecule has 0 aliphatic carbocycles. The number of imide groups is 1. The Bertz CT molecular complexity index is 1030. The van der Waals surface area contributed by atoms with Crippen LogP contribution >= 0.6 is 11.8 Å². The molecule has 9 heteroatoms. The molecular weight excluding hydrogens is 408 g/mol. The number of nitrogens with zero attached hydrogens (tertiary/aromatic N) is 1. The summed E-state index contributed by atoms with van der Waals surface area (Å²) in [4.78, 5) is 48.9. The molecule has 1 heterocycles. The Labute approximate surface area is 176 Å². The summed E-state index contributed by atoms with van der Waals surface area (Å²) in [5.41, 5.74) is 1.68. The topological polar surface area (TPSA) is 113 Å². The SMILES string of the molecule is COc1ccccc1/C=C1\SC(=O)N(CC(=O)Nc2ccc(CC(=O)O)cc2)C1=O. The third-order valence-corrected chi connectivity index (χ3v) is 5.10. The van der Waals surface area contributed by atoms with Gasteiger partial charge in [-0.25, -0.2) is 0 Å². The summed E-state index contributed by atoms with van der Waals surface area (Å²) in [5.74, 6) is -1.48. The normalized spacial score (nSPS) is 14.8. The van der Waals surface area contributed by atoms with Crippen LogP contribution in [0.3, 0.4) is 0 Å². The molecule has 3 amide bonds. The van der Waals surface area contributed by atoms with E-state index in [1.54, 1.807) is 54.6 Å². The first-order chi connectivity index (χ1) is 14.4. The molecule has 30 heavy (non-hydrogen) atoms. The van der Waals surface area contributed by atoms with Crippen molar-refractivity contribution < 1.29 is 29.0 Å². The zero-order chi connectivity index (χ0) is 21.7. The molecule has 1 aliphatic heterocycles. The molecule has 2 aromatic carbocycles. The molecule has 1 fully saturated rings. The van der Waals surface area contributed by atoms with Crippen LogP contribution in [0.2, 0.25) is 0 Å². The van der Waals surface area contributed by atoms with Crippen molar-refractivity contribution in [3.8, 4) is 5.75 Å². The van der Waals surface area contributed by atoms with Gasteiger partial charge < -0.3 is 15.2 Å². The number of hydrogen-bond acceptors (Lipinski definition) is 6. The molecule has 0 radical (unpaired) electrons. The Morgan fingerprint density at radius 1 is 1.13 bits per heavy atom. The van der Waals surface area contributed by atoms with E-state index in [2.05, 4.69) is 5.32 Å². The molecule has 0 spiro atoms. The smallest absolute Gasteiger partial charge is 0.307 e. The number of hydrogen-bond donors (Lipinski definition) is 2. The van der Waals surface area contributed by atoms with Crippen LogP contribution in [-0.4, -0.2) is 46.7 Å². The third-order valence-electron chi connectivity index (χ3n) is 4.19. The van der Waals surface area contributed by atoms with E-state index in [1.165, 1.54) is 7.11 Å². The van der Waals surface area contributed by atoms with Gasteiger partial charge in [-0.2, -0.15) is 0 Å². The number of para-hydroxylation sites is 1. The Morgan fingerprint density at radius 3 is 2.50 bits per heavy atom. The van der Waals surface area contributed by atoms with E-state index >= 15 is 0 Å². The fourth-order valence-electron chi connectivity index (χ4n) is 2.79. The Morgan fingerprint density at radius 2 is 1.83 bits per heavy atom. The molecule has 0 atom stereocenters. The molecule has 1 aliphatic rings. The second-order valence-corrected chi connectivity index (χ2v) is 7.32. The highest BCUT2D eigenvalue weighted by atomic mass is 32.2. The number of amides is 3. The molecule has 0 aromatic heterocycles. The van der Waals surface area contributed by atoms with Gasteiger partial charge in [0.25, 0.3) is 11.1 Å². The largest absolute Gasteiger partial charge is 0.496 e. The molecule has 1 saturated heterocycles. The number of nitrogens with one attached hydrogen (secondary N) is 1. The average molecular weight is 426 g/mol. The minimum atomic E-state index is -0.952. The number of carbonyl (C=O) groups is 4. The van der Waals surface area contributed by atoms with Crippen molar-refractivity contribution in [1.29, 1.82) is 0 Å². The number of thioether (sulfide) groups is 1. The van der Waals surface area contributed by atoms with Crippen LogP contribution in [0.15, 0.2) is 53.4 Å². The molecule has 0 unspecified atom stereocenters. The number of benzene rings is 2.